The minimum absolute atomic E-state index is 0.0900. The van der Waals surface area contributed by atoms with E-state index in [1.54, 1.807) is 24.3 Å². The van der Waals surface area contributed by atoms with Crippen molar-refractivity contribution in [2.45, 2.75) is 0 Å². The highest BCUT2D eigenvalue weighted by Gasteiger charge is 2.17. The highest BCUT2D eigenvalue weighted by Crippen LogP contribution is 2.05. The Labute approximate surface area is 108 Å². The molecule has 92 valence electrons. The molecule has 0 atom stereocenters. The van der Waals surface area contributed by atoms with Crippen LogP contribution < -0.4 is 21.5 Å². The van der Waals surface area contributed by atoms with E-state index in [0.717, 1.165) is 6.08 Å². The zero-order chi connectivity index (χ0) is 13.0. The van der Waals surface area contributed by atoms with Crippen LogP contribution in [0.4, 0.5) is 5.69 Å². The molecule has 2 rings (SSSR count). The Balaban J connectivity index is 2.06. The van der Waals surface area contributed by atoms with Crippen LogP contribution in [0, 0.1) is 0 Å². The fraction of sp³-hybridized carbons (Fsp3) is 0. The molecule has 0 aromatic heterocycles. The van der Waals surface area contributed by atoms with E-state index < -0.39 is 11.8 Å². The van der Waals surface area contributed by atoms with Gasteiger partial charge in [-0.25, -0.2) is 0 Å². The molecule has 0 aliphatic carbocycles. The summed E-state index contributed by atoms with van der Waals surface area (Å²) in [5.74, 6) is -0.865. The second kappa shape index (κ2) is 5.28. The molecule has 0 saturated carbocycles. The average Bonchev–Trinajstić information content (AvgIpc) is 2.35. The number of para-hydroxylation sites is 1. The molecular weight excluding hydrogens is 252 g/mol. The topological polar surface area (TPSA) is 82.3 Å². The van der Waals surface area contributed by atoms with E-state index in [2.05, 4.69) is 21.5 Å². The maximum Gasteiger partial charge on any atom is 0.286 e. The van der Waals surface area contributed by atoms with Crippen LogP contribution in [0.2, 0.25) is 0 Å². The number of rotatable bonds is 2. The van der Waals surface area contributed by atoms with Gasteiger partial charge in [-0.2, -0.15) is 0 Å². The number of anilines is 1. The maximum absolute atomic E-state index is 11.7. The lowest BCUT2D eigenvalue weighted by Crippen LogP contribution is -2.55. The van der Waals surface area contributed by atoms with Crippen molar-refractivity contribution < 1.29 is 9.59 Å². The quantitative estimate of drug-likeness (QED) is 0.446. The molecule has 6 nitrogen and oxygen atoms in total. The summed E-state index contributed by atoms with van der Waals surface area (Å²) >= 11 is 4.81. The van der Waals surface area contributed by atoms with Crippen LogP contribution in [0.15, 0.2) is 42.1 Å². The van der Waals surface area contributed by atoms with Gasteiger partial charge in [0.05, 0.1) is 0 Å². The molecule has 0 radical (unpaired) electrons. The lowest BCUT2D eigenvalue weighted by atomic mass is 10.3. The van der Waals surface area contributed by atoms with Crippen molar-refractivity contribution in [1.82, 2.24) is 16.2 Å². The van der Waals surface area contributed by atoms with Crippen molar-refractivity contribution in [2.24, 2.45) is 0 Å². The van der Waals surface area contributed by atoms with Gasteiger partial charge in [0.15, 0.2) is 5.11 Å². The van der Waals surface area contributed by atoms with Crippen molar-refractivity contribution in [3.8, 4) is 0 Å². The largest absolute Gasteiger partial charge is 0.327 e. The van der Waals surface area contributed by atoms with Crippen LogP contribution in [0.3, 0.4) is 0 Å². The minimum atomic E-state index is -0.452. The van der Waals surface area contributed by atoms with E-state index in [4.69, 9.17) is 12.2 Å². The molecule has 0 unspecified atom stereocenters. The maximum atomic E-state index is 11.7. The van der Waals surface area contributed by atoms with Crippen LogP contribution in [-0.2, 0) is 9.59 Å². The number of nitrogens with one attached hydrogen (secondary N) is 4. The zero-order valence-electron chi connectivity index (χ0n) is 9.19. The van der Waals surface area contributed by atoms with Gasteiger partial charge in [0, 0.05) is 11.8 Å². The Morgan fingerprint density at radius 1 is 1.22 bits per heavy atom. The van der Waals surface area contributed by atoms with Gasteiger partial charge in [0.25, 0.3) is 11.8 Å². The summed E-state index contributed by atoms with van der Waals surface area (Å²) in [4.78, 5) is 23.0. The fourth-order valence-corrected chi connectivity index (χ4v) is 1.48. The number of hydrogen-bond acceptors (Lipinski definition) is 3. The molecule has 1 aromatic rings. The number of hydrogen-bond donors (Lipinski definition) is 4. The molecule has 1 saturated heterocycles. The van der Waals surface area contributed by atoms with Gasteiger partial charge in [-0.15, -0.1) is 0 Å². The first-order valence-corrected chi connectivity index (χ1v) is 5.51. The van der Waals surface area contributed by atoms with Crippen LogP contribution in [0.5, 0.6) is 0 Å². The Hall–Kier alpha value is -2.41. The summed E-state index contributed by atoms with van der Waals surface area (Å²) in [5, 5.41) is 5.45. The van der Waals surface area contributed by atoms with Gasteiger partial charge < -0.3 is 10.6 Å². The van der Waals surface area contributed by atoms with Crippen LogP contribution in [0.1, 0.15) is 0 Å². The SMILES string of the molecule is O=C(/C=C1/NC(=S)NNC1=O)Nc1ccccc1. The molecule has 4 N–H and O–H groups in total. The third-order valence-electron chi connectivity index (χ3n) is 2.10. The van der Waals surface area contributed by atoms with Crippen molar-refractivity contribution in [1.29, 1.82) is 0 Å². The Morgan fingerprint density at radius 3 is 2.67 bits per heavy atom. The normalized spacial score (nSPS) is 16.6. The number of carbonyl (C=O) groups excluding carboxylic acids is 2. The molecule has 7 heteroatoms. The lowest BCUT2D eigenvalue weighted by molar-refractivity contribution is -0.119. The predicted octanol–water partition coefficient (Wildman–Crippen LogP) is 0.0179. The summed E-state index contributed by atoms with van der Waals surface area (Å²) in [5.41, 5.74) is 5.48. The van der Waals surface area contributed by atoms with Crippen LogP contribution in [-0.4, -0.2) is 16.9 Å². The molecule has 1 aliphatic heterocycles. The van der Waals surface area contributed by atoms with Crippen molar-refractivity contribution in [3.05, 3.63) is 42.1 Å². The molecule has 0 spiro atoms. The van der Waals surface area contributed by atoms with Gasteiger partial charge in [0.1, 0.15) is 5.70 Å². The lowest BCUT2D eigenvalue weighted by Gasteiger charge is -2.19. The zero-order valence-corrected chi connectivity index (χ0v) is 10.0. The van der Waals surface area contributed by atoms with Crippen LogP contribution >= 0.6 is 12.2 Å². The van der Waals surface area contributed by atoms with E-state index in [9.17, 15) is 9.59 Å². The van der Waals surface area contributed by atoms with Gasteiger partial charge in [-0.05, 0) is 24.4 Å². The number of thiocarbonyl (C=S) groups is 1. The number of benzene rings is 1. The molecular formula is C11H10N4O2S. The Kier molecular flexibility index (Phi) is 3.54. The minimum Gasteiger partial charge on any atom is -0.327 e. The van der Waals surface area contributed by atoms with E-state index in [1.807, 2.05) is 6.07 Å². The number of hydrazine groups is 1. The number of carbonyl (C=O) groups is 2. The molecule has 1 aliphatic rings. The molecule has 1 fully saturated rings. The average molecular weight is 262 g/mol. The molecule has 0 bridgehead atoms. The van der Waals surface area contributed by atoms with E-state index in [0.29, 0.717) is 5.69 Å². The van der Waals surface area contributed by atoms with Gasteiger partial charge >= 0.3 is 0 Å². The van der Waals surface area contributed by atoms with Crippen molar-refractivity contribution in [2.75, 3.05) is 5.32 Å². The van der Waals surface area contributed by atoms with Gasteiger partial charge in [-0.3, -0.25) is 20.4 Å². The first-order valence-electron chi connectivity index (χ1n) is 5.10. The standard InChI is InChI=1S/C11H10N4O2S/c16-9(12-7-4-2-1-3-5-7)6-8-10(17)14-15-11(18)13-8/h1-6H,(H,12,16)(H,14,17)(H2,13,15,18)/b8-6+. The Bertz CT molecular complexity index is 527. The van der Waals surface area contributed by atoms with E-state index in [1.165, 1.54) is 0 Å². The Morgan fingerprint density at radius 2 is 1.94 bits per heavy atom. The van der Waals surface area contributed by atoms with Crippen LogP contribution in [0.25, 0.3) is 0 Å². The third kappa shape index (κ3) is 3.05. The predicted molar refractivity (Wildman–Crippen MR) is 70.2 cm³/mol. The van der Waals surface area contributed by atoms with E-state index >= 15 is 0 Å². The molecule has 1 aromatic carbocycles. The summed E-state index contributed by atoms with van der Waals surface area (Å²) in [7, 11) is 0. The summed E-state index contributed by atoms with van der Waals surface area (Å²) in [6.45, 7) is 0. The van der Waals surface area contributed by atoms with Gasteiger partial charge in [0.2, 0.25) is 0 Å². The summed E-state index contributed by atoms with van der Waals surface area (Å²) in [6.07, 6.45) is 1.15. The molecule has 18 heavy (non-hydrogen) atoms. The molecule has 1 heterocycles. The second-order valence-corrected chi connectivity index (χ2v) is 3.85. The summed E-state index contributed by atoms with van der Waals surface area (Å²) < 4.78 is 0. The first-order chi connectivity index (χ1) is 8.65. The van der Waals surface area contributed by atoms with Crippen molar-refractivity contribution >= 4 is 34.8 Å². The molecule has 2 amide bonds. The third-order valence-corrected chi connectivity index (χ3v) is 2.30. The van der Waals surface area contributed by atoms with Gasteiger partial charge in [-0.1, -0.05) is 18.2 Å². The van der Waals surface area contributed by atoms with Crippen molar-refractivity contribution in [3.63, 3.8) is 0 Å². The smallest absolute Gasteiger partial charge is 0.286 e. The highest BCUT2D eigenvalue weighted by atomic mass is 32.1. The first kappa shape index (κ1) is 12.1. The monoisotopic (exact) mass is 262 g/mol. The number of amides is 2. The summed E-state index contributed by atoms with van der Waals surface area (Å²) in [6, 6.07) is 8.93. The second-order valence-electron chi connectivity index (χ2n) is 3.45. The van der Waals surface area contributed by atoms with E-state index in [-0.39, 0.29) is 10.8 Å². The fourth-order valence-electron chi connectivity index (χ4n) is 1.32. The highest BCUT2D eigenvalue weighted by molar-refractivity contribution is 7.80.